The van der Waals surface area contributed by atoms with E-state index in [1.807, 2.05) is 63.2 Å². The third kappa shape index (κ3) is 5.75. The highest BCUT2D eigenvalue weighted by atomic mass is 16.2. The molecule has 0 saturated carbocycles. The molecule has 0 aliphatic carbocycles. The van der Waals surface area contributed by atoms with Crippen molar-refractivity contribution in [2.75, 3.05) is 17.2 Å². The zero-order valence-corrected chi connectivity index (χ0v) is 19.5. The predicted octanol–water partition coefficient (Wildman–Crippen LogP) is 4.86. The van der Waals surface area contributed by atoms with Gasteiger partial charge >= 0.3 is 6.03 Å². The molecule has 0 aliphatic rings. The first-order valence-corrected chi connectivity index (χ1v) is 10.6. The summed E-state index contributed by atoms with van der Waals surface area (Å²) in [5.74, 6) is 0.225. The second-order valence-electron chi connectivity index (χ2n) is 9.09. The van der Waals surface area contributed by atoms with Crippen LogP contribution >= 0.6 is 0 Å². The number of hydrogen-bond acceptors (Lipinski definition) is 3. The Kier molecular flexibility index (Phi) is 6.67. The van der Waals surface area contributed by atoms with Crippen LogP contribution in [0, 0.1) is 20.8 Å². The van der Waals surface area contributed by atoms with Gasteiger partial charge in [-0.2, -0.15) is 5.10 Å². The van der Waals surface area contributed by atoms with Crippen molar-refractivity contribution in [3.05, 3.63) is 70.9 Å². The molecule has 32 heavy (non-hydrogen) atoms. The van der Waals surface area contributed by atoms with Crippen LogP contribution in [0.3, 0.4) is 0 Å². The summed E-state index contributed by atoms with van der Waals surface area (Å²) in [7, 11) is 0. The molecule has 7 heteroatoms. The fourth-order valence-electron chi connectivity index (χ4n) is 3.22. The van der Waals surface area contributed by atoms with Gasteiger partial charge in [-0.15, -0.1) is 0 Å². The number of hydrogen-bond donors (Lipinski definition) is 3. The maximum atomic E-state index is 12.6. The number of nitrogens with one attached hydrogen (secondary N) is 3. The average Bonchev–Trinajstić information content (AvgIpc) is 3.12. The van der Waals surface area contributed by atoms with Crippen molar-refractivity contribution in [1.82, 2.24) is 15.1 Å². The molecule has 1 aromatic heterocycles. The molecule has 0 aliphatic heterocycles. The van der Waals surface area contributed by atoms with E-state index in [-0.39, 0.29) is 17.9 Å². The van der Waals surface area contributed by atoms with Gasteiger partial charge in [-0.25, -0.2) is 9.48 Å². The summed E-state index contributed by atoms with van der Waals surface area (Å²) in [5.41, 5.74) is 5.55. The molecule has 1 heterocycles. The van der Waals surface area contributed by atoms with Gasteiger partial charge in [0.1, 0.15) is 5.82 Å². The molecule has 3 rings (SSSR count). The molecule has 2 aromatic carbocycles. The van der Waals surface area contributed by atoms with Crippen molar-refractivity contribution in [1.29, 1.82) is 0 Å². The first-order valence-electron chi connectivity index (χ1n) is 10.6. The van der Waals surface area contributed by atoms with Gasteiger partial charge in [0.2, 0.25) is 5.91 Å². The van der Waals surface area contributed by atoms with E-state index < -0.39 is 6.03 Å². The van der Waals surface area contributed by atoms with Crippen LogP contribution in [-0.4, -0.2) is 28.3 Å². The summed E-state index contributed by atoms with van der Waals surface area (Å²) in [6, 6.07) is 15.0. The van der Waals surface area contributed by atoms with E-state index >= 15 is 0 Å². The summed E-state index contributed by atoms with van der Waals surface area (Å²) in [6.45, 7) is 12.1. The Labute approximate surface area is 189 Å². The lowest BCUT2D eigenvalue weighted by atomic mass is 9.92. The minimum absolute atomic E-state index is 0.166. The molecule has 7 nitrogen and oxygen atoms in total. The first-order chi connectivity index (χ1) is 15.0. The normalized spacial score (nSPS) is 11.2. The van der Waals surface area contributed by atoms with E-state index in [0.717, 1.165) is 28.1 Å². The van der Waals surface area contributed by atoms with Gasteiger partial charge in [-0.1, -0.05) is 56.2 Å². The molecule has 3 N–H and O–H groups in total. The fraction of sp³-hybridized carbons (Fsp3) is 0.320. The van der Waals surface area contributed by atoms with Gasteiger partial charge in [-0.05, 0) is 44.5 Å². The molecule has 3 amide bonds. The second kappa shape index (κ2) is 9.26. The number of nitrogens with zero attached hydrogens (tertiary/aromatic N) is 2. The van der Waals surface area contributed by atoms with Crippen molar-refractivity contribution >= 4 is 23.4 Å². The Bertz CT molecular complexity index is 1120. The van der Waals surface area contributed by atoms with Gasteiger partial charge in [0.05, 0.1) is 17.9 Å². The van der Waals surface area contributed by atoms with Crippen LogP contribution in [0.25, 0.3) is 5.69 Å². The van der Waals surface area contributed by atoms with Crippen LogP contribution in [0.1, 0.15) is 43.2 Å². The summed E-state index contributed by atoms with van der Waals surface area (Å²) in [6.07, 6.45) is 0. The van der Waals surface area contributed by atoms with Gasteiger partial charge in [-0.3, -0.25) is 4.79 Å². The number of aryl methyl sites for hydroxylation is 3. The molecule has 168 valence electrons. The molecule has 0 atom stereocenters. The quantitative estimate of drug-likeness (QED) is 0.537. The monoisotopic (exact) mass is 433 g/mol. The van der Waals surface area contributed by atoms with Crippen LogP contribution in [0.2, 0.25) is 0 Å². The van der Waals surface area contributed by atoms with Crippen molar-refractivity contribution < 1.29 is 9.59 Å². The highest BCUT2D eigenvalue weighted by Crippen LogP contribution is 2.27. The number of carbonyl (C=O) groups excluding carboxylic acids is 2. The van der Waals surface area contributed by atoms with Gasteiger partial charge in [0.25, 0.3) is 0 Å². The SMILES string of the molecule is Cc1ccc(NC(=O)NCC(=O)Nc2cc(C(C)(C)C)nn2-c2ccc(C)cc2C)cc1. The Morgan fingerprint density at radius 1 is 0.906 bits per heavy atom. The largest absolute Gasteiger partial charge is 0.329 e. The van der Waals surface area contributed by atoms with E-state index in [0.29, 0.717) is 11.5 Å². The average molecular weight is 434 g/mol. The topological polar surface area (TPSA) is 88.1 Å². The minimum Gasteiger partial charge on any atom is -0.329 e. The molecule has 0 spiro atoms. The molecule has 0 radical (unpaired) electrons. The van der Waals surface area contributed by atoms with Crippen LogP contribution < -0.4 is 16.0 Å². The number of amides is 3. The molecule has 0 bridgehead atoms. The highest BCUT2D eigenvalue weighted by molar-refractivity contribution is 5.96. The van der Waals surface area contributed by atoms with Crippen molar-refractivity contribution in [3.63, 3.8) is 0 Å². The maximum absolute atomic E-state index is 12.6. The maximum Gasteiger partial charge on any atom is 0.319 e. The first kappa shape index (κ1) is 23.1. The summed E-state index contributed by atoms with van der Waals surface area (Å²) >= 11 is 0. The number of benzene rings is 2. The van der Waals surface area contributed by atoms with Gasteiger partial charge in [0.15, 0.2) is 0 Å². The smallest absolute Gasteiger partial charge is 0.319 e. The third-order valence-corrected chi connectivity index (χ3v) is 5.04. The Morgan fingerprint density at radius 3 is 2.19 bits per heavy atom. The third-order valence-electron chi connectivity index (χ3n) is 5.04. The van der Waals surface area contributed by atoms with E-state index in [2.05, 4.69) is 42.8 Å². The molecule has 0 saturated heterocycles. The van der Waals surface area contributed by atoms with Crippen molar-refractivity contribution in [2.45, 2.75) is 47.0 Å². The van der Waals surface area contributed by atoms with Crippen molar-refractivity contribution in [2.24, 2.45) is 0 Å². The Balaban J connectivity index is 1.72. The van der Waals surface area contributed by atoms with Crippen LogP contribution in [0.15, 0.2) is 48.5 Å². The minimum atomic E-state index is -0.442. The summed E-state index contributed by atoms with van der Waals surface area (Å²) in [4.78, 5) is 24.7. The lowest BCUT2D eigenvalue weighted by molar-refractivity contribution is -0.115. The number of urea groups is 1. The molecule has 3 aromatic rings. The summed E-state index contributed by atoms with van der Waals surface area (Å²) < 4.78 is 1.75. The van der Waals surface area contributed by atoms with E-state index in [1.54, 1.807) is 4.68 Å². The lowest BCUT2D eigenvalue weighted by Gasteiger charge is -2.14. The molecule has 0 unspecified atom stereocenters. The zero-order valence-electron chi connectivity index (χ0n) is 19.5. The molecular weight excluding hydrogens is 402 g/mol. The Morgan fingerprint density at radius 2 is 1.56 bits per heavy atom. The molecule has 0 fully saturated rings. The zero-order chi connectivity index (χ0) is 23.5. The number of aromatic nitrogens is 2. The fourth-order valence-corrected chi connectivity index (χ4v) is 3.22. The van der Waals surface area contributed by atoms with E-state index in [4.69, 9.17) is 5.10 Å². The lowest BCUT2D eigenvalue weighted by Crippen LogP contribution is -2.36. The highest BCUT2D eigenvalue weighted by Gasteiger charge is 2.22. The number of carbonyl (C=O) groups is 2. The number of rotatable bonds is 5. The van der Waals surface area contributed by atoms with E-state index in [1.165, 1.54) is 0 Å². The van der Waals surface area contributed by atoms with Crippen molar-refractivity contribution in [3.8, 4) is 5.69 Å². The van der Waals surface area contributed by atoms with Gasteiger partial charge < -0.3 is 16.0 Å². The number of anilines is 2. The van der Waals surface area contributed by atoms with Gasteiger partial charge in [0, 0.05) is 17.2 Å². The second-order valence-corrected chi connectivity index (χ2v) is 9.09. The van der Waals surface area contributed by atoms with Crippen LogP contribution in [0.4, 0.5) is 16.3 Å². The van der Waals surface area contributed by atoms with E-state index in [9.17, 15) is 9.59 Å². The predicted molar refractivity (Wildman–Crippen MR) is 129 cm³/mol. The van der Waals surface area contributed by atoms with Crippen LogP contribution in [-0.2, 0) is 10.2 Å². The standard InChI is InChI=1S/C25H31N5O2/c1-16-7-10-19(11-8-16)27-24(32)26-15-23(31)28-22-14-21(25(4,5)6)29-30(22)20-12-9-17(2)13-18(20)3/h7-14H,15H2,1-6H3,(H,28,31)(H2,26,27,32). The molecular formula is C25H31N5O2. The Hall–Kier alpha value is -3.61. The summed E-state index contributed by atoms with van der Waals surface area (Å²) in [5, 5.41) is 12.9. The van der Waals surface area contributed by atoms with Crippen LogP contribution in [0.5, 0.6) is 0 Å².